The highest BCUT2D eigenvalue weighted by Crippen LogP contribution is 2.44. The van der Waals surface area contributed by atoms with E-state index in [9.17, 15) is 5.26 Å². The summed E-state index contributed by atoms with van der Waals surface area (Å²) in [5, 5.41) is 10.1. The molecule has 0 saturated carbocycles. The Labute approximate surface area is 200 Å². The first-order chi connectivity index (χ1) is 16.6. The second-order valence-electron chi connectivity index (χ2n) is 9.03. The van der Waals surface area contributed by atoms with E-state index < -0.39 is 0 Å². The van der Waals surface area contributed by atoms with Gasteiger partial charge in [0, 0.05) is 30.8 Å². The normalized spacial score (nSPS) is 16.1. The summed E-state index contributed by atoms with van der Waals surface area (Å²) in [5.41, 5.74) is 7.08. The largest absolute Gasteiger partial charge is 0.434 e. The van der Waals surface area contributed by atoms with E-state index in [1.54, 1.807) is 0 Å². The van der Waals surface area contributed by atoms with Crippen LogP contribution in [0.4, 0.5) is 5.69 Å². The minimum Gasteiger partial charge on any atom is -0.434 e. The van der Waals surface area contributed by atoms with Crippen LogP contribution < -0.4 is 4.90 Å². The summed E-state index contributed by atoms with van der Waals surface area (Å²) in [7, 11) is 4.26. The van der Waals surface area contributed by atoms with E-state index >= 15 is 0 Å². The van der Waals surface area contributed by atoms with Crippen LogP contribution in [0.1, 0.15) is 29.0 Å². The van der Waals surface area contributed by atoms with Gasteiger partial charge in [-0.05, 0) is 50.2 Å². The molecule has 0 amide bonds. The van der Waals surface area contributed by atoms with Gasteiger partial charge in [0.15, 0.2) is 5.58 Å². The van der Waals surface area contributed by atoms with Gasteiger partial charge < -0.3 is 14.2 Å². The molecule has 5 rings (SSSR count). The molecule has 0 unspecified atom stereocenters. The maximum Gasteiger partial charge on any atom is 0.220 e. The summed E-state index contributed by atoms with van der Waals surface area (Å²) in [6, 6.07) is 23.2. The Balaban J connectivity index is 1.72. The van der Waals surface area contributed by atoms with Crippen molar-refractivity contribution >= 4 is 28.9 Å². The molecule has 0 N–H and O–H groups in total. The Morgan fingerprint density at radius 2 is 1.76 bits per heavy atom. The zero-order valence-electron chi connectivity index (χ0n) is 19.8. The number of fused-ring (bicyclic) bond motifs is 1. The van der Waals surface area contributed by atoms with Crippen molar-refractivity contribution in [1.29, 1.82) is 5.26 Å². The Bertz CT molecular complexity index is 1380. The number of nitriles is 1. The van der Waals surface area contributed by atoms with Crippen LogP contribution in [-0.2, 0) is 0 Å². The van der Waals surface area contributed by atoms with E-state index in [0.29, 0.717) is 28.6 Å². The number of benzene rings is 3. The molecule has 2 heterocycles. The first-order valence-electron chi connectivity index (χ1n) is 11.6. The lowest BCUT2D eigenvalue weighted by atomic mass is 9.93. The topological polar surface area (TPSA) is 56.3 Å². The van der Waals surface area contributed by atoms with E-state index in [0.717, 1.165) is 47.5 Å². The first kappa shape index (κ1) is 21.9. The molecule has 1 fully saturated rings. The third-order valence-electron chi connectivity index (χ3n) is 6.68. The standard InChI is InChI=1S/C29H28N4O/c1-20-24(18-30)27-29(34-25(31-27)15-14-21-10-6-4-7-11-21)28(26(20)22-12-8-5-9-13-22)33-17-16-23(19-33)32(2)3/h4-15,23H,16-17,19H2,1-3H3/t23-/m0/s1. The fourth-order valence-corrected chi connectivity index (χ4v) is 4.83. The van der Waals surface area contributed by atoms with Gasteiger partial charge in [-0.3, -0.25) is 0 Å². The number of aromatic nitrogens is 1. The molecule has 1 saturated heterocycles. The monoisotopic (exact) mass is 448 g/mol. The summed E-state index contributed by atoms with van der Waals surface area (Å²) in [4.78, 5) is 9.45. The van der Waals surface area contributed by atoms with E-state index in [-0.39, 0.29) is 0 Å². The average Bonchev–Trinajstić information content (AvgIpc) is 3.51. The smallest absolute Gasteiger partial charge is 0.220 e. The number of likely N-dealkylation sites (N-methyl/N-ethyl adjacent to an activating group) is 1. The lowest BCUT2D eigenvalue weighted by Crippen LogP contribution is -2.31. The van der Waals surface area contributed by atoms with Crippen molar-refractivity contribution in [3.63, 3.8) is 0 Å². The number of hydrogen-bond donors (Lipinski definition) is 0. The van der Waals surface area contributed by atoms with Crippen LogP contribution in [0.15, 0.2) is 65.1 Å². The van der Waals surface area contributed by atoms with Gasteiger partial charge in [0.05, 0.1) is 11.3 Å². The van der Waals surface area contributed by atoms with Gasteiger partial charge in [-0.15, -0.1) is 0 Å². The third kappa shape index (κ3) is 3.98. The number of nitrogens with zero attached hydrogens (tertiary/aromatic N) is 4. The number of oxazole rings is 1. The van der Waals surface area contributed by atoms with Gasteiger partial charge in [-0.1, -0.05) is 60.7 Å². The van der Waals surface area contributed by atoms with Gasteiger partial charge in [0.2, 0.25) is 5.89 Å². The summed E-state index contributed by atoms with van der Waals surface area (Å²) in [6.45, 7) is 3.86. The fraction of sp³-hybridized carbons (Fsp3) is 0.241. The second kappa shape index (κ2) is 9.17. The molecule has 4 aromatic rings. The van der Waals surface area contributed by atoms with Crippen molar-refractivity contribution < 1.29 is 4.42 Å². The second-order valence-corrected chi connectivity index (χ2v) is 9.03. The molecule has 0 spiro atoms. The molecule has 1 atom stereocenters. The van der Waals surface area contributed by atoms with Gasteiger partial charge in [-0.2, -0.15) is 5.26 Å². The first-order valence-corrected chi connectivity index (χ1v) is 11.6. The lowest BCUT2D eigenvalue weighted by molar-refractivity contribution is 0.315. The van der Waals surface area contributed by atoms with Crippen LogP contribution >= 0.6 is 0 Å². The molecule has 5 nitrogen and oxygen atoms in total. The predicted molar refractivity (Wildman–Crippen MR) is 139 cm³/mol. The van der Waals surface area contributed by atoms with Gasteiger partial charge in [0.25, 0.3) is 0 Å². The van der Waals surface area contributed by atoms with Crippen LogP contribution in [0.5, 0.6) is 0 Å². The highest BCUT2D eigenvalue weighted by atomic mass is 16.3. The van der Waals surface area contributed by atoms with Gasteiger partial charge >= 0.3 is 0 Å². The molecule has 3 aromatic carbocycles. The quantitative estimate of drug-likeness (QED) is 0.376. The molecule has 1 aromatic heterocycles. The van der Waals surface area contributed by atoms with Crippen molar-refractivity contribution in [1.82, 2.24) is 9.88 Å². The maximum absolute atomic E-state index is 10.1. The van der Waals surface area contributed by atoms with Crippen molar-refractivity contribution in [2.24, 2.45) is 0 Å². The summed E-state index contributed by atoms with van der Waals surface area (Å²) < 4.78 is 6.38. The third-order valence-corrected chi connectivity index (χ3v) is 6.68. The average molecular weight is 449 g/mol. The van der Waals surface area contributed by atoms with E-state index in [4.69, 9.17) is 9.40 Å². The molecule has 34 heavy (non-hydrogen) atoms. The van der Waals surface area contributed by atoms with Crippen LogP contribution in [0.2, 0.25) is 0 Å². The zero-order chi connectivity index (χ0) is 23.7. The minimum atomic E-state index is 0.468. The molecular weight excluding hydrogens is 420 g/mol. The molecule has 1 aliphatic heterocycles. The van der Waals surface area contributed by atoms with Gasteiger partial charge in [-0.25, -0.2) is 4.98 Å². The molecule has 170 valence electrons. The highest BCUT2D eigenvalue weighted by molar-refractivity contribution is 6.02. The zero-order valence-corrected chi connectivity index (χ0v) is 19.8. The van der Waals surface area contributed by atoms with Crippen LogP contribution in [0, 0.1) is 18.3 Å². The van der Waals surface area contributed by atoms with Crippen molar-refractivity contribution in [3.8, 4) is 17.2 Å². The van der Waals surface area contributed by atoms with Crippen molar-refractivity contribution in [3.05, 3.63) is 83.2 Å². The molecule has 0 bridgehead atoms. The molecule has 0 radical (unpaired) electrons. The van der Waals surface area contributed by atoms with Crippen molar-refractivity contribution in [2.45, 2.75) is 19.4 Å². The summed E-state index contributed by atoms with van der Waals surface area (Å²) in [5.74, 6) is 0.504. The summed E-state index contributed by atoms with van der Waals surface area (Å²) >= 11 is 0. The molecule has 0 aliphatic carbocycles. The number of anilines is 1. The Morgan fingerprint density at radius 1 is 1.06 bits per heavy atom. The molecule has 5 heteroatoms. The predicted octanol–water partition coefficient (Wildman–Crippen LogP) is 5.99. The van der Waals surface area contributed by atoms with Crippen molar-refractivity contribution in [2.75, 3.05) is 32.1 Å². The van der Waals surface area contributed by atoms with Gasteiger partial charge in [0.1, 0.15) is 11.6 Å². The molecular formula is C29H28N4O. The minimum absolute atomic E-state index is 0.468. The van der Waals surface area contributed by atoms with Crippen LogP contribution in [0.3, 0.4) is 0 Å². The van der Waals surface area contributed by atoms with E-state index in [1.807, 2.05) is 67.6 Å². The molecule has 1 aliphatic rings. The SMILES string of the molecule is Cc1c(-c2ccccc2)c(N2CC[C@H](N(C)C)C2)c2oc(C=Cc3ccccc3)nc2c1C#N. The Morgan fingerprint density at radius 3 is 2.41 bits per heavy atom. The lowest BCUT2D eigenvalue weighted by Gasteiger charge is -2.25. The Hall–Kier alpha value is -3.88. The number of hydrogen-bond acceptors (Lipinski definition) is 5. The van der Waals surface area contributed by atoms with Crippen LogP contribution in [-0.4, -0.2) is 43.1 Å². The highest BCUT2D eigenvalue weighted by Gasteiger charge is 2.31. The van der Waals surface area contributed by atoms with Crippen LogP contribution in [0.25, 0.3) is 34.4 Å². The summed E-state index contributed by atoms with van der Waals surface area (Å²) in [6.07, 6.45) is 4.94. The van der Waals surface area contributed by atoms with E-state index in [2.05, 4.69) is 42.1 Å². The number of rotatable bonds is 5. The fourth-order valence-electron chi connectivity index (χ4n) is 4.83. The van der Waals surface area contributed by atoms with E-state index in [1.165, 1.54) is 0 Å². The Kier molecular flexibility index (Phi) is 5.91. The maximum atomic E-state index is 10.1.